The van der Waals surface area contributed by atoms with E-state index in [-0.39, 0.29) is 6.04 Å². The first-order chi connectivity index (χ1) is 8.58. The summed E-state index contributed by atoms with van der Waals surface area (Å²) in [6.07, 6.45) is 4.46. The number of rotatable bonds is 4. The molecule has 0 amide bonds. The summed E-state index contributed by atoms with van der Waals surface area (Å²) < 4.78 is 1.93. The molecule has 0 aliphatic carbocycles. The van der Waals surface area contributed by atoms with E-state index in [1.165, 1.54) is 10.5 Å². The van der Waals surface area contributed by atoms with Gasteiger partial charge in [0.25, 0.3) is 0 Å². The standard InChI is InChI=1S/C13H18N4S/c1-9(14)8-12-10(2)16-17(3)13(12)18-11-4-6-15-7-5-11/h4-7,9H,8,14H2,1-3H3. The van der Waals surface area contributed by atoms with Crippen molar-refractivity contribution in [2.45, 2.75) is 36.2 Å². The normalized spacial score (nSPS) is 12.7. The maximum absolute atomic E-state index is 5.91. The Kier molecular flexibility index (Phi) is 4.04. The Morgan fingerprint density at radius 3 is 2.67 bits per heavy atom. The molecule has 0 aromatic carbocycles. The Morgan fingerprint density at radius 2 is 2.06 bits per heavy atom. The van der Waals surface area contributed by atoms with Crippen molar-refractivity contribution in [2.24, 2.45) is 12.8 Å². The largest absolute Gasteiger partial charge is 0.328 e. The Balaban J connectivity index is 2.32. The summed E-state index contributed by atoms with van der Waals surface area (Å²) in [5.74, 6) is 0. The van der Waals surface area contributed by atoms with Crippen LogP contribution < -0.4 is 5.73 Å². The minimum absolute atomic E-state index is 0.143. The van der Waals surface area contributed by atoms with Gasteiger partial charge in [-0.1, -0.05) is 11.8 Å². The molecule has 1 atom stereocenters. The molecule has 2 heterocycles. The Bertz CT molecular complexity index is 519. The maximum Gasteiger partial charge on any atom is 0.102 e. The van der Waals surface area contributed by atoms with Crippen LogP contribution in [-0.2, 0) is 13.5 Å². The molecule has 2 rings (SSSR count). The highest BCUT2D eigenvalue weighted by molar-refractivity contribution is 7.99. The molecule has 0 radical (unpaired) electrons. The average molecular weight is 262 g/mol. The van der Waals surface area contributed by atoms with Gasteiger partial charge >= 0.3 is 0 Å². The first-order valence-electron chi connectivity index (χ1n) is 5.94. The van der Waals surface area contributed by atoms with E-state index in [2.05, 4.69) is 10.1 Å². The molecule has 0 aliphatic rings. The first kappa shape index (κ1) is 13.1. The summed E-state index contributed by atoms with van der Waals surface area (Å²) in [6.45, 7) is 4.06. The molecular weight excluding hydrogens is 244 g/mol. The third-order valence-electron chi connectivity index (χ3n) is 2.68. The summed E-state index contributed by atoms with van der Waals surface area (Å²) in [7, 11) is 1.97. The zero-order valence-corrected chi connectivity index (χ0v) is 11.7. The van der Waals surface area contributed by atoms with Crippen LogP contribution in [0.2, 0.25) is 0 Å². The topological polar surface area (TPSA) is 56.7 Å². The summed E-state index contributed by atoms with van der Waals surface area (Å²) in [6, 6.07) is 4.15. The third-order valence-corrected chi connectivity index (χ3v) is 3.89. The van der Waals surface area contributed by atoms with E-state index in [1.807, 2.05) is 37.7 Å². The smallest absolute Gasteiger partial charge is 0.102 e. The van der Waals surface area contributed by atoms with Crippen LogP contribution in [0.3, 0.4) is 0 Å². The third kappa shape index (κ3) is 2.91. The van der Waals surface area contributed by atoms with Crippen molar-refractivity contribution < 1.29 is 0 Å². The lowest BCUT2D eigenvalue weighted by Crippen LogP contribution is -2.18. The zero-order valence-electron chi connectivity index (χ0n) is 10.9. The van der Waals surface area contributed by atoms with Gasteiger partial charge in [-0.3, -0.25) is 9.67 Å². The predicted octanol–water partition coefficient (Wildman–Crippen LogP) is 2.16. The van der Waals surface area contributed by atoms with Gasteiger partial charge in [0.15, 0.2) is 0 Å². The monoisotopic (exact) mass is 262 g/mol. The van der Waals surface area contributed by atoms with Crippen molar-refractivity contribution in [3.8, 4) is 0 Å². The second-order valence-corrected chi connectivity index (χ2v) is 5.52. The van der Waals surface area contributed by atoms with Gasteiger partial charge in [-0.15, -0.1) is 0 Å². The predicted molar refractivity (Wildman–Crippen MR) is 73.7 cm³/mol. The summed E-state index contributed by atoms with van der Waals surface area (Å²) >= 11 is 1.71. The van der Waals surface area contributed by atoms with Crippen LogP contribution in [0, 0.1) is 6.92 Å². The molecule has 2 aromatic rings. The SMILES string of the molecule is Cc1nn(C)c(Sc2ccncc2)c1CC(C)N. The van der Waals surface area contributed by atoms with E-state index in [4.69, 9.17) is 5.73 Å². The molecule has 0 spiro atoms. The highest BCUT2D eigenvalue weighted by atomic mass is 32.2. The molecule has 0 aliphatic heterocycles. The fourth-order valence-corrected chi connectivity index (χ4v) is 2.89. The minimum atomic E-state index is 0.143. The quantitative estimate of drug-likeness (QED) is 0.917. The van der Waals surface area contributed by atoms with E-state index < -0.39 is 0 Å². The highest BCUT2D eigenvalue weighted by Gasteiger charge is 2.15. The van der Waals surface area contributed by atoms with E-state index in [1.54, 1.807) is 24.2 Å². The van der Waals surface area contributed by atoms with Crippen LogP contribution in [0.15, 0.2) is 34.4 Å². The van der Waals surface area contributed by atoms with E-state index in [0.29, 0.717) is 0 Å². The molecule has 4 nitrogen and oxygen atoms in total. The van der Waals surface area contributed by atoms with Crippen LogP contribution in [-0.4, -0.2) is 20.8 Å². The number of aromatic nitrogens is 3. The fraction of sp³-hybridized carbons (Fsp3) is 0.385. The Morgan fingerprint density at radius 1 is 1.39 bits per heavy atom. The minimum Gasteiger partial charge on any atom is -0.328 e. The van der Waals surface area contributed by atoms with E-state index in [9.17, 15) is 0 Å². The number of hydrogen-bond donors (Lipinski definition) is 1. The number of pyridine rings is 1. The molecule has 2 aromatic heterocycles. The van der Waals surface area contributed by atoms with E-state index in [0.717, 1.165) is 17.1 Å². The highest BCUT2D eigenvalue weighted by Crippen LogP contribution is 2.31. The van der Waals surface area contributed by atoms with Gasteiger partial charge in [0.2, 0.25) is 0 Å². The van der Waals surface area contributed by atoms with Crippen LogP contribution in [0.25, 0.3) is 0 Å². The first-order valence-corrected chi connectivity index (χ1v) is 6.75. The molecule has 18 heavy (non-hydrogen) atoms. The molecule has 2 N–H and O–H groups in total. The molecule has 0 fully saturated rings. The maximum atomic E-state index is 5.91. The fourth-order valence-electron chi connectivity index (χ4n) is 1.88. The molecule has 96 valence electrons. The van der Waals surface area contributed by atoms with Gasteiger partial charge < -0.3 is 5.73 Å². The Hall–Kier alpha value is -1.33. The molecule has 0 bridgehead atoms. The Labute approximate surface area is 112 Å². The molecule has 0 saturated carbocycles. The van der Waals surface area contributed by atoms with Gasteiger partial charge in [-0.2, -0.15) is 5.10 Å². The van der Waals surface area contributed by atoms with Crippen molar-refractivity contribution >= 4 is 11.8 Å². The van der Waals surface area contributed by atoms with Crippen molar-refractivity contribution in [3.05, 3.63) is 35.8 Å². The zero-order chi connectivity index (χ0) is 13.1. The van der Waals surface area contributed by atoms with Gasteiger partial charge in [0, 0.05) is 35.9 Å². The lowest BCUT2D eigenvalue weighted by Gasteiger charge is -2.08. The second-order valence-electron chi connectivity index (χ2n) is 4.46. The van der Waals surface area contributed by atoms with Crippen molar-refractivity contribution in [3.63, 3.8) is 0 Å². The number of aryl methyl sites for hydroxylation is 2. The summed E-state index contributed by atoms with van der Waals surface area (Å²) in [5.41, 5.74) is 8.21. The molecule has 5 heteroatoms. The second kappa shape index (κ2) is 5.54. The lowest BCUT2D eigenvalue weighted by atomic mass is 10.1. The van der Waals surface area contributed by atoms with Crippen LogP contribution >= 0.6 is 11.8 Å². The summed E-state index contributed by atoms with van der Waals surface area (Å²) in [5, 5.41) is 5.65. The average Bonchev–Trinajstić information content (AvgIpc) is 2.57. The number of hydrogen-bond acceptors (Lipinski definition) is 4. The number of nitrogens with two attached hydrogens (primary N) is 1. The molecule has 1 unspecified atom stereocenters. The van der Waals surface area contributed by atoms with Gasteiger partial charge in [0.1, 0.15) is 5.03 Å². The van der Waals surface area contributed by atoms with Crippen LogP contribution in [0.4, 0.5) is 0 Å². The van der Waals surface area contributed by atoms with Crippen LogP contribution in [0.5, 0.6) is 0 Å². The van der Waals surface area contributed by atoms with Crippen molar-refractivity contribution in [1.29, 1.82) is 0 Å². The summed E-state index contributed by atoms with van der Waals surface area (Å²) in [4.78, 5) is 5.20. The van der Waals surface area contributed by atoms with Crippen molar-refractivity contribution in [1.82, 2.24) is 14.8 Å². The van der Waals surface area contributed by atoms with Gasteiger partial charge in [0.05, 0.1) is 5.69 Å². The number of nitrogens with zero attached hydrogens (tertiary/aromatic N) is 3. The van der Waals surface area contributed by atoms with Crippen molar-refractivity contribution in [2.75, 3.05) is 0 Å². The van der Waals surface area contributed by atoms with Gasteiger partial charge in [-0.25, -0.2) is 0 Å². The van der Waals surface area contributed by atoms with Crippen LogP contribution in [0.1, 0.15) is 18.2 Å². The lowest BCUT2D eigenvalue weighted by molar-refractivity contribution is 0.677. The van der Waals surface area contributed by atoms with E-state index >= 15 is 0 Å². The molecular formula is C13H18N4S. The molecule has 0 saturated heterocycles. The van der Waals surface area contributed by atoms with Gasteiger partial charge in [-0.05, 0) is 32.4 Å².